The Balaban J connectivity index is 1.05. The minimum atomic E-state index is -2.47. The number of nitrogens with one attached hydrogen (secondary N) is 9. The van der Waals surface area contributed by atoms with Crippen LogP contribution in [-0.2, 0) is 59.0 Å². The molecule has 40 nitrogen and oxygen atoms in total. The number of aliphatic hydroxyl groups excluding tert-OH is 7. The zero-order valence-electron chi connectivity index (χ0n) is 68.9. The van der Waals surface area contributed by atoms with Crippen molar-refractivity contribution < 1.29 is 138 Å². The third-order valence-electron chi connectivity index (χ3n) is 22.5. The molecule has 8 heterocycles. The average molecular weight is 1820 g/mol. The van der Waals surface area contributed by atoms with Crippen LogP contribution in [0.5, 0.6) is 69.0 Å². The van der Waals surface area contributed by atoms with Crippen molar-refractivity contribution in [3.8, 4) is 80.1 Å². The highest BCUT2D eigenvalue weighted by molar-refractivity contribution is 6.33. The summed E-state index contributed by atoms with van der Waals surface area (Å²) in [6.07, 6.45) is -17.5. The quantitative estimate of drug-likeness (QED) is 0.0260. The number of fused-ring (bicyclic) bond motifs is 14. The maximum atomic E-state index is 16.8. The van der Waals surface area contributed by atoms with Gasteiger partial charge >= 0.3 is 5.97 Å². The van der Waals surface area contributed by atoms with Gasteiger partial charge in [-0.15, -0.1) is 4.91 Å². The van der Waals surface area contributed by atoms with E-state index in [0.29, 0.717) is 18.8 Å². The molecule has 0 saturated carbocycles. The Hall–Kier alpha value is -12.5. The molecule has 8 aliphatic rings. The van der Waals surface area contributed by atoms with Crippen molar-refractivity contribution in [3.63, 3.8) is 0 Å². The Morgan fingerprint density at radius 3 is 1.95 bits per heavy atom. The van der Waals surface area contributed by atoms with Gasteiger partial charge in [0.15, 0.2) is 29.1 Å². The Bertz CT molecular complexity index is 5380. The molecule has 7 aromatic rings. The first-order valence-electron chi connectivity index (χ1n) is 40.9. The molecule has 0 spiro atoms. The molecule has 0 unspecified atom stereocenters. The first-order chi connectivity index (χ1) is 61.1. The molecule has 21 N–H and O–H groups in total. The number of unbranched alkanes of at least 4 members (excludes halogenated alkanes) is 4. The molecule has 15 rings (SSSR count). The van der Waals surface area contributed by atoms with Crippen molar-refractivity contribution in [2.45, 2.75) is 181 Å². The normalized spacial score (nSPS) is 25.7. The number of carboxylic acids is 1. The largest absolute Gasteiger partial charge is 0.508 e. The number of aliphatic hydroxyl groups is 7. The van der Waals surface area contributed by atoms with E-state index in [1.807, 2.05) is 0 Å². The summed E-state index contributed by atoms with van der Waals surface area (Å²) in [7, 11) is 2.76. The highest BCUT2D eigenvalue weighted by Crippen LogP contribution is 2.51. The van der Waals surface area contributed by atoms with Crippen molar-refractivity contribution in [1.29, 1.82) is 0 Å². The number of benzene rings is 7. The Labute approximate surface area is 739 Å². The fraction of sp³-hybridized carbons (Fsp3) is 0.407. The average Bonchev–Trinajstić information content (AvgIpc) is 0.751. The molecule has 18 atom stereocenters. The number of aromatic hydroxyl groups is 4. The van der Waals surface area contributed by atoms with Crippen LogP contribution in [0.2, 0.25) is 10.0 Å². The van der Waals surface area contributed by atoms with Gasteiger partial charge < -0.3 is 142 Å². The van der Waals surface area contributed by atoms with Gasteiger partial charge in [0.05, 0.1) is 21.9 Å². The van der Waals surface area contributed by atoms with Crippen molar-refractivity contribution in [1.82, 2.24) is 52.9 Å². The van der Waals surface area contributed by atoms with Gasteiger partial charge in [0.1, 0.15) is 131 Å². The van der Waals surface area contributed by atoms with Crippen molar-refractivity contribution >= 4 is 76.4 Å². The summed E-state index contributed by atoms with van der Waals surface area (Å²) in [6.45, 7) is 2.88. The lowest BCUT2D eigenvalue weighted by Gasteiger charge is -2.41. The number of hydrogen-bond donors (Lipinski definition) is 21. The number of phenols is 4. The van der Waals surface area contributed by atoms with Crippen molar-refractivity contribution in [2.24, 2.45) is 11.2 Å². The summed E-state index contributed by atoms with van der Waals surface area (Å²) in [6, 6.07) is 5.05. The zero-order valence-corrected chi connectivity index (χ0v) is 70.4. The maximum Gasteiger partial charge on any atom is 0.335 e. The van der Waals surface area contributed by atoms with Crippen molar-refractivity contribution in [2.75, 3.05) is 33.8 Å². The van der Waals surface area contributed by atoms with Gasteiger partial charge in [-0.3, -0.25) is 43.4 Å². The van der Waals surface area contributed by atoms with E-state index in [-0.39, 0.29) is 59.9 Å². The zero-order chi connectivity index (χ0) is 92.0. The Morgan fingerprint density at radius 2 is 1.24 bits per heavy atom. The van der Waals surface area contributed by atoms with Gasteiger partial charge in [0, 0.05) is 61.8 Å². The van der Waals surface area contributed by atoms with E-state index in [9.17, 15) is 80.6 Å². The summed E-state index contributed by atoms with van der Waals surface area (Å²) in [5.74, 6) is -18.1. The molecule has 2 fully saturated rings. The predicted octanol–water partition coefficient (Wildman–Crippen LogP) is 3.83. The van der Waals surface area contributed by atoms with Gasteiger partial charge in [-0.05, 0) is 132 Å². The van der Waals surface area contributed by atoms with Gasteiger partial charge in [0.25, 0.3) is 0 Å². The minimum Gasteiger partial charge on any atom is -0.508 e. The van der Waals surface area contributed by atoms with E-state index in [0.717, 1.165) is 103 Å². The lowest BCUT2D eigenvalue weighted by atomic mass is 9.89. The number of phenolic OH excluding ortho intramolecular Hbond substituents is 4. The number of aliphatic carboxylic acids is 1. The second-order valence-electron chi connectivity index (χ2n) is 32.0. The minimum absolute atomic E-state index is 0.00526. The standard InChI is InChI=1S/C86H95Cl2N11O29/c1-36(2)11-8-6-5-7-9-12-59(105)92-68-71(108)73(110)76(84(119)120)128-85(68)127-75-56-29-41-30-57(75)124-53-22-17-40(27-48(53)87)69(106)67-83(118)96-65(78(113)90-23-10-24-99(4)98-121)46-31-42(101)32-55(125-86-74(111)72(109)70(107)58(35-100)126-86)60(46)45-26-38(15-20-50(45)102)63(80(115)97-67)93-81(116)64(41)94-82(117)66-47-33-44(34-52(104)61(47)88)123-54-28-39(16-21-51(54)103)62(89-3)79(114)91-49(77(112)95-66)25-37-13-18-43(122-56)19-14-37/h13-22,26-34,36,49,58,62-74,76,85-86,89,100-104,106-111H,5-12,23-25,35H2,1-4H3,(H,90,113)(H,91,114)(H,92,105)(H,93,116)(H,94,117)(H,95,112)(H,96,118)(H,97,115)(H,119,120)/t49-,58-,62-,63+,64-,65+,66-,67+,68-,69-,70+,71-,72+,73+,74+,76-,85-,86-/m1/s1. The first-order valence-corrected chi connectivity index (χ1v) is 41.7. The summed E-state index contributed by atoms with van der Waals surface area (Å²) >= 11 is 14.3. The highest BCUT2D eigenvalue weighted by atomic mass is 35.5. The van der Waals surface area contributed by atoms with Crippen LogP contribution in [0.15, 0.2) is 121 Å². The molecule has 682 valence electrons. The third kappa shape index (κ3) is 20.7. The number of likely N-dealkylation sites (N-methyl/N-ethyl adjacent to an activating group) is 1. The number of carbonyl (C=O) groups is 9. The molecule has 8 aliphatic heterocycles. The van der Waals surface area contributed by atoms with E-state index in [1.54, 1.807) is 0 Å². The molecule has 7 aromatic carbocycles. The van der Waals surface area contributed by atoms with E-state index in [2.05, 4.69) is 67.0 Å². The van der Waals surface area contributed by atoms with Crippen LogP contribution in [-0.4, -0.2) is 227 Å². The summed E-state index contributed by atoms with van der Waals surface area (Å²) in [4.78, 5) is 150. The van der Waals surface area contributed by atoms with E-state index < -0.39 is 271 Å². The molecule has 2 saturated heterocycles. The molecule has 0 aromatic heterocycles. The van der Waals surface area contributed by atoms with Crippen LogP contribution in [0.1, 0.15) is 140 Å². The molecule has 17 bridgehead atoms. The van der Waals surface area contributed by atoms with Crippen LogP contribution in [0.3, 0.4) is 0 Å². The van der Waals surface area contributed by atoms with Crippen LogP contribution >= 0.6 is 23.2 Å². The molecular formula is C86H95Cl2N11O29. The Morgan fingerprint density at radius 1 is 0.586 bits per heavy atom. The fourth-order valence-electron chi connectivity index (χ4n) is 15.7. The van der Waals surface area contributed by atoms with Crippen LogP contribution in [0.25, 0.3) is 11.1 Å². The number of nitrogens with zero attached hydrogens (tertiary/aromatic N) is 2. The summed E-state index contributed by atoms with van der Waals surface area (Å²) < 4.78 is 44.4. The lowest BCUT2D eigenvalue weighted by molar-refractivity contribution is -0.277. The molecule has 0 radical (unpaired) electrons. The number of rotatable bonds is 22. The maximum absolute atomic E-state index is 16.8. The molecule has 0 aliphatic carbocycles. The third-order valence-corrected chi connectivity index (χ3v) is 23.2. The molecule has 42 heteroatoms. The molecular weight excluding hydrogens is 1720 g/mol. The smallest absolute Gasteiger partial charge is 0.335 e. The number of amides is 8. The number of carboxylic acid groups (broad SMARTS) is 1. The van der Waals surface area contributed by atoms with Crippen LogP contribution < -0.4 is 71.5 Å². The molecule has 8 amide bonds. The monoisotopic (exact) mass is 1820 g/mol. The summed E-state index contributed by atoms with van der Waals surface area (Å²) in [5, 5.41) is 165. The number of ether oxygens (including phenoxy) is 7. The van der Waals surface area contributed by atoms with Gasteiger partial charge in [-0.1, -0.05) is 99.5 Å². The van der Waals surface area contributed by atoms with Crippen LogP contribution in [0.4, 0.5) is 0 Å². The number of halogens is 2. The number of carbonyl (C=O) groups excluding carboxylic acids is 8. The molecule has 128 heavy (non-hydrogen) atoms. The predicted molar refractivity (Wildman–Crippen MR) is 447 cm³/mol. The van der Waals surface area contributed by atoms with Gasteiger partial charge in [-0.25, -0.2) is 4.79 Å². The first kappa shape index (κ1) is 93.2. The van der Waals surface area contributed by atoms with Crippen molar-refractivity contribution in [3.05, 3.63) is 169 Å². The van der Waals surface area contributed by atoms with E-state index >= 15 is 28.8 Å². The lowest BCUT2D eigenvalue weighted by Crippen LogP contribution is -2.66. The van der Waals surface area contributed by atoms with E-state index in [1.165, 1.54) is 56.6 Å². The Kier molecular flexibility index (Phi) is 29.3. The fourth-order valence-corrected chi connectivity index (χ4v) is 16.1. The second-order valence-corrected chi connectivity index (χ2v) is 32.8. The summed E-state index contributed by atoms with van der Waals surface area (Å²) in [5.41, 5.74) is -2.96. The number of hydrogen-bond acceptors (Lipinski definition) is 30. The van der Waals surface area contributed by atoms with E-state index in [4.69, 9.17) is 56.4 Å². The van der Waals surface area contributed by atoms with Gasteiger partial charge in [0.2, 0.25) is 65.6 Å². The SMILES string of the molecule is CN[C@H]1C(=O)N[C@@H]2Cc3ccc(cc3)Oc3cc4cc(c3O[C@@H]3O[C@@H](C(=O)O)[C@@H](O)[C@H](O)[C@H]3NC(=O)CCCCCCCC(C)C)Oc3ccc(cc3Cl)[C@@H](O)[C@@H]3NC(=O)[C@@H](NC(=O)[C@@H]4NC(=O)[C@H](NC2=O)c2cc(cc(O)c2Cl)Oc2cc1ccc2O)c1ccc(O)c(c1)-c1c(O[C@@H]2O[C@H](CO)[C@H](O)[C@H](O)[C@@H]2O)cc(O)cc1[C@@H](C(=O)NCCCN(C)N=O)NC3=O. The second kappa shape index (κ2) is 40.3. The van der Waals surface area contributed by atoms with Crippen LogP contribution in [0, 0.1) is 10.8 Å². The topological polar surface area (TPSA) is 602 Å². The highest BCUT2D eigenvalue weighted by Gasteiger charge is 2.52. The van der Waals surface area contributed by atoms with Gasteiger partial charge in [-0.2, -0.15) is 0 Å². The number of nitroso groups, excluding NO2 is 1.